The average Bonchev–Trinajstić information content (AvgIpc) is 2.17. The Kier molecular flexibility index (Phi) is 4.06. The van der Waals surface area contributed by atoms with E-state index in [2.05, 4.69) is 0 Å². The Hall–Kier alpha value is -0.910. The lowest BCUT2D eigenvalue weighted by molar-refractivity contribution is 0.252. The molecular formula is C10H9Cl2NO. The SMILES string of the molecule is CCC(C#N)Oc1ccc(Cl)cc1Cl. The first-order chi connectivity index (χ1) is 6.67. The summed E-state index contributed by atoms with van der Waals surface area (Å²) >= 11 is 11.6. The average molecular weight is 230 g/mol. The molecule has 0 radical (unpaired) electrons. The Bertz CT molecular complexity index is 360. The summed E-state index contributed by atoms with van der Waals surface area (Å²) in [7, 11) is 0. The summed E-state index contributed by atoms with van der Waals surface area (Å²) in [6.45, 7) is 1.87. The van der Waals surface area contributed by atoms with E-state index < -0.39 is 6.10 Å². The first kappa shape index (κ1) is 11.2. The number of rotatable bonds is 3. The third-order valence-electron chi connectivity index (χ3n) is 1.68. The van der Waals surface area contributed by atoms with Gasteiger partial charge in [-0.25, -0.2) is 0 Å². The van der Waals surface area contributed by atoms with Crippen LogP contribution in [0.25, 0.3) is 0 Å². The van der Waals surface area contributed by atoms with Crippen LogP contribution < -0.4 is 4.74 Å². The van der Waals surface area contributed by atoms with Gasteiger partial charge in [0.15, 0.2) is 6.10 Å². The van der Waals surface area contributed by atoms with Gasteiger partial charge in [0.05, 0.1) is 5.02 Å². The highest BCUT2D eigenvalue weighted by molar-refractivity contribution is 6.35. The van der Waals surface area contributed by atoms with Crippen LogP contribution >= 0.6 is 23.2 Å². The maximum atomic E-state index is 8.69. The number of benzene rings is 1. The normalized spacial score (nSPS) is 11.9. The summed E-state index contributed by atoms with van der Waals surface area (Å²) in [5, 5.41) is 9.66. The van der Waals surface area contributed by atoms with Crippen molar-refractivity contribution < 1.29 is 4.74 Å². The molecule has 0 heterocycles. The zero-order valence-corrected chi connectivity index (χ0v) is 9.14. The van der Waals surface area contributed by atoms with Crippen LogP contribution in [0.1, 0.15) is 13.3 Å². The van der Waals surface area contributed by atoms with Gasteiger partial charge in [-0.05, 0) is 24.6 Å². The zero-order chi connectivity index (χ0) is 10.6. The van der Waals surface area contributed by atoms with Crippen molar-refractivity contribution in [3.63, 3.8) is 0 Å². The van der Waals surface area contributed by atoms with Crippen molar-refractivity contribution in [3.05, 3.63) is 28.2 Å². The van der Waals surface area contributed by atoms with Crippen LogP contribution in [0.15, 0.2) is 18.2 Å². The molecule has 0 saturated heterocycles. The summed E-state index contributed by atoms with van der Waals surface area (Å²) in [5.74, 6) is 0.490. The molecule has 1 atom stereocenters. The molecule has 0 aliphatic heterocycles. The number of hydrogen-bond donors (Lipinski definition) is 0. The van der Waals surface area contributed by atoms with Crippen LogP contribution in [0.4, 0.5) is 0 Å². The van der Waals surface area contributed by atoms with Crippen LogP contribution in [0.3, 0.4) is 0 Å². The summed E-state index contributed by atoms with van der Waals surface area (Å²) in [6.07, 6.45) is 0.156. The fraction of sp³-hybridized carbons (Fsp3) is 0.300. The molecule has 2 nitrogen and oxygen atoms in total. The highest BCUT2D eigenvalue weighted by atomic mass is 35.5. The second-order valence-electron chi connectivity index (χ2n) is 2.72. The number of hydrogen-bond acceptors (Lipinski definition) is 2. The summed E-state index contributed by atoms with van der Waals surface area (Å²) in [4.78, 5) is 0. The van der Waals surface area contributed by atoms with Gasteiger partial charge in [-0.1, -0.05) is 30.1 Å². The molecule has 1 rings (SSSR count). The van der Waals surface area contributed by atoms with Crippen LogP contribution in [-0.2, 0) is 0 Å². The van der Waals surface area contributed by atoms with Gasteiger partial charge in [0.2, 0.25) is 0 Å². The minimum Gasteiger partial charge on any atom is -0.474 e. The Labute approximate surface area is 93.0 Å². The number of halogens is 2. The molecule has 74 valence electrons. The molecule has 0 amide bonds. The van der Waals surface area contributed by atoms with E-state index in [1.807, 2.05) is 13.0 Å². The minimum atomic E-state index is -0.464. The van der Waals surface area contributed by atoms with E-state index in [0.29, 0.717) is 22.2 Å². The molecule has 0 N–H and O–H groups in total. The van der Waals surface area contributed by atoms with Gasteiger partial charge in [0, 0.05) is 5.02 Å². The fourth-order valence-electron chi connectivity index (χ4n) is 0.925. The van der Waals surface area contributed by atoms with Gasteiger partial charge in [-0.2, -0.15) is 5.26 Å². The minimum absolute atomic E-state index is 0.422. The lowest BCUT2D eigenvalue weighted by Gasteiger charge is -2.11. The van der Waals surface area contributed by atoms with Crippen molar-refractivity contribution >= 4 is 23.2 Å². The van der Waals surface area contributed by atoms with Gasteiger partial charge in [-0.15, -0.1) is 0 Å². The van der Waals surface area contributed by atoms with E-state index in [-0.39, 0.29) is 0 Å². The molecule has 0 saturated carbocycles. The quantitative estimate of drug-likeness (QED) is 0.793. The first-order valence-corrected chi connectivity index (χ1v) is 4.94. The molecule has 0 aliphatic rings. The van der Waals surface area contributed by atoms with Crippen molar-refractivity contribution in [2.45, 2.75) is 19.4 Å². The van der Waals surface area contributed by atoms with E-state index in [0.717, 1.165) is 0 Å². The van der Waals surface area contributed by atoms with Gasteiger partial charge < -0.3 is 4.74 Å². The van der Waals surface area contributed by atoms with E-state index in [9.17, 15) is 0 Å². The summed E-state index contributed by atoms with van der Waals surface area (Å²) in [5.41, 5.74) is 0. The number of ether oxygens (including phenoxy) is 1. The van der Waals surface area contributed by atoms with Crippen LogP contribution in [0.5, 0.6) is 5.75 Å². The third-order valence-corrected chi connectivity index (χ3v) is 2.21. The van der Waals surface area contributed by atoms with Crippen LogP contribution in [0.2, 0.25) is 10.0 Å². The lowest BCUT2D eigenvalue weighted by Crippen LogP contribution is -2.12. The molecule has 0 spiro atoms. The molecule has 4 heteroatoms. The number of nitriles is 1. The standard InChI is InChI=1S/C10H9Cl2NO/c1-2-8(6-13)14-10-4-3-7(11)5-9(10)12/h3-5,8H,2H2,1H3. The van der Waals surface area contributed by atoms with Crippen molar-refractivity contribution in [1.29, 1.82) is 5.26 Å². The van der Waals surface area contributed by atoms with E-state index in [1.165, 1.54) is 0 Å². The Morgan fingerprint density at radius 3 is 2.71 bits per heavy atom. The highest BCUT2D eigenvalue weighted by Gasteiger charge is 2.09. The van der Waals surface area contributed by atoms with Crippen molar-refractivity contribution in [3.8, 4) is 11.8 Å². The fourth-order valence-corrected chi connectivity index (χ4v) is 1.38. The molecule has 1 aromatic carbocycles. The second kappa shape index (κ2) is 5.09. The maximum Gasteiger partial charge on any atom is 0.184 e. The Morgan fingerprint density at radius 2 is 2.21 bits per heavy atom. The maximum absolute atomic E-state index is 8.69. The third kappa shape index (κ3) is 2.80. The predicted molar refractivity (Wildman–Crippen MR) is 56.8 cm³/mol. The molecule has 1 unspecified atom stereocenters. The Balaban J connectivity index is 2.82. The highest BCUT2D eigenvalue weighted by Crippen LogP contribution is 2.28. The van der Waals surface area contributed by atoms with Gasteiger partial charge in [0.25, 0.3) is 0 Å². The smallest absolute Gasteiger partial charge is 0.184 e. The molecule has 0 fully saturated rings. The van der Waals surface area contributed by atoms with Crippen LogP contribution in [0, 0.1) is 11.3 Å². The first-order valence-electron chi connectivity index (χ1n) is 4.18. The van der Waals surface area contributed by atoms with Crippen molar-refractivity contribution in [1.82, 2.24) is 0 Å². The summed E-state index contributed by atoms with van der Waals surface area (Å²) in [6, 6.07) is 6.94. The van der Waals surface area contributed by atoms with Gasteiger partial charge in [0.1, 0.15) is 11.8 Å². The molecule has 1 aromatic rings. The zero-order valence-electron chi connectivity index (χ0n) is 7.63. The topological polar surface area (TPSA) is 33.0 Å². The largest absolute Gasteiger partial charge is 0.474 e. The second-order valence-corrected chi connectivity index (χ2v) is 3.56. The van der Waals surface area contributed by atoms with E-state index >= 15 is 0 Å². The lowest BCUT2D eigenvalue weighted by atomic mass is 10.3. The van der Waals surface area contributed by atoms with Crippen molar-refractivity contribution in [2.24, 2.45) is 0 Å². The predicted octanol–water partition coefficient (Wildman–Crippen LogP) is 3.67. The molecule has 0 bridgehead atoms. The molecular weight excluding hydrogens is 221 g/mol. The monoisotopic (exact) mass is 229 g/mol. The van der Waals surface area contributed by atoms with Crippen molar-refractivity contribution in [2.75, 3.05) is 0 Å². The van der Waals surface area contributed by atoms with Crippen LogP contribution in [-0.4, -0.2) is 6.10 Å². The molecule has 0 aliphatic carbocycles. The Morgan fingerprint density at radius 1 is 1.50 bits per heavy atom. The molecule has 14 heavy (non-hydrogen) atoms. The van der Waals surface area contributed by atoms with Gasteiger partial charge >= 0.3 is 0 Å². The summed E-state index contributed by atoms with van der Waals surface area (Å²) < 4.78 is 5.35. The number of nitrogens with zero attached hydrogens (tertiary/aromatic N) is 1. The van der Waals surface area contributed by atoms with E-state index in [4.69, 9.17) is 33.2 Å². The van der Waals surface area contributed by atoms with E-state index in [1.54, 1.807) is 18.2 Å². The van der Waals surface area contributed by atoms with Gasteiger partial charge in [-0.3, -0.25) is 0 Å². The molecule has 0 aromatic heterocycles.